The van der Waals surface area contributed by atoms with Gasteiger partial charge in [0.05, 0.1) is 17.4 Å². The summed E-state index contributed by atoms with van der Waals surface area (Å²) in [5.74, 6) is 0. The molecule has 0 heterocycles. The Hall–Kier alpha value is -2.09. The topological polar surface area (TPSA) is 70.2 Å². The van der Waals surface area contributed by atoms with Gasteiger partial charge in [-0.05, 0) is 32.4 Å². The van der Waals surface area contributed by atoms with E-state index in [2.05, 4.69) is 11.0 Å². The molecule has 0 atom stereocenters. The Morgan fingerprint density at radius 1 is 1.50 bits per heavy atom. The molecule has 1 rings (SSSR count). The molecule has 0 aliphatic carbocycles. The molecule has 0 unspecified atom stereocenters. The van der Waals surface area contributed by atoms with Crippen LogP contribution in [0.25, 0.3) is 0 Å². The van der Waals surface area contributed by atoms with E-state index in [-0.39, 0.29) is 11.7 Å². The zero-order valence-corrected chi connectivity index (χ0v) is 10.9. The predicted octanol–water partition coefficient (Wildman–Crippen LogP) is 3.03. The number of anilines is 1. The van der Waals surface area contributed by atoms with Crippen molar-refractivity contribution in [3.8, 4) is 6.07 Å². The van der Waals surface area contributed by atoms with E-state index in [0.29, 0.717) is 13.0 Å². The van der Waals surface area contributed by atoms with E-state index in [4.69, 9.17) is 5.26 Å². The summed E-state index contributed by atoms with van der Waals surface area (Å²) in [4.78, 5) is 12.4. The van der Waals surface area contributed by atoms with E-state index in [1.807, 2.05) is 20.8 Å². The number of nitro groups is 1. The molecule has 5 heteroatoms. The smallest absolute Gasteiger partial charge is 0.269 e. The molecule has 1 aromatic rings. The Morgan fingerprint density at radius 2 is 2.17 bits per heavy atom. The highest BCUT2D eigenvalue weighted by Crippen LogP contribution is 2.26. The van der Waals surface area contributed by atoms with Crippen LogP contribution in [0.2, 0.25) is 0 Å². The first kappa shape index (κ1) is 14.0. The van der Waals surface area contributed by atoms with E-state index in [9.17, 15) is 10.1 Å². The molecule has 0 spiro atoms. The summed E-state index contributed by atoms with van der Waals surface area (Å²) in [5, 5.41) is 19.4. The van der Waals surface area contributed by atoms with Gasteiger partial charge in [0.1, 0.15) is 0 Å². The maximum Gasteiger partial charge on any atom is 0.269 e. The zero-order chi connectivity index (χ0) is 13.7. The normalized spacial score (nSPS) is 10.2. The molecule has 0 saturated heterocycles. The van der Waals surface area contributed by atoms with Crippen LogP contribution in [0.3, 0.4) is 0 Å². The maximum absolute atomic E-state index is 10.7. The number of nitriles is 1. The van der Waals surface area contributed by atoms with Crippen molar-refractivity contribution in [1.82, 2.24) is 0 Å². The molecule has 0 radical (unpaired) electrons. The average molecular weight is 247 g/mol. The summed E-state index contributed by atoms with van der Waals surface area (Å²) < 4.78 is 0. The van der Waals surface area contributed by atoms with Crippen LogP contribution in [-0.2, 0) is 0 Å². The zero-order valence-electron chi connectivity index (χ0n) is 10.9. The highest BCUT2D eigenvalue weighted by atomic mass is 16.6. The monoisotopic (exact) mass is 247 g/mol. The molecule has 0 aliphatic rings. The van der Waals surface area contributed by atoms with Gasteiger partial charge in [-0.3, -0.25) is 10.1 Å². The second kappa shape index (κ2) is 6.01. The summed E-state index contributed by atoms with van der Waals surface area (Å²) >= 11 is 0. The van der Waals surface area contributed by atoms with E-state index in [1.165, 1.54) is 6.07 Å². The Morgan fingerprint density at radius 3 is 2.61 bits per heavy atom. The van der Waals surface area contributed by atoms with E-state index >= 15 is 0 Å². The summed E-state index contributed by atoms with van der Waals surface area (Å²) in [7, 11) is 0. The maximum atomic E-state index is 10.7. The lowest BCUT2D eigenvalue weighted by molar-refractivity contribution is -0.384. The molecular weight excluding hydrogens is 230 g/mol. The van der Waals surface area contributed by atoms with Crippen molar-refractivity contribution >= 4 is 11.4 Å². The number of non-ortho nitro benzene ring substituents is 1. The fourth-order valence-electron chi connectivity index (χ4n) is 1.90. The molecule has 0 fully saturated rings. The average Bonchev–Trinajstić information content (AvgIpc) is 2.30. The van der Waals surface area contributed by atoms with Crippen molar-refractivity contribution in [3.05, 3.63) is 33.9 Å². The molecule has 0 saturated carbocycles. The highest BCUT2D eigenvalue weighted by molar-refractivity contribution is 5.57. The van der Waals surface area contributed by atoms with Crippen molar-refractivity contribution < 1.29 is 4.92 Å². The number of hydrogen-bond donors (Lipinski definition) is 0. The minimum atomic E-state index is -0.397. The summed E-state index contributed by atoms with van der Waals surface area (Å²) in [6, 6.07) is 7.20. The first-order chi connectivity index (χ1) is 8.47. The van der Waals surface area contributed by atoms with Gasteiger partial charge in [0.15, 0.2) is 0 Å². The first-order valence-electron chi connectivity index (χ1n) is 5.86. The third kappa shape index (κ3) is 3.20. The lowest BCUT2D eigenvalue weighted by atomic mass is 10.1. The largest absolute Gasteiger partial charge is 0.368 e. The SMILES string of the molecule is Cc1cc([N+](=O)[O-])ccc1N(CCC#N)C(C)C. The predicted molar refractivity (Wildman–Crippen MR) is 70.5 cm³/mol. The van der Waals surface area contributed by atoms with Crippen LogP contribution in [0.1, 0.15) is 25.8 Å². The van der Waals surface area contributed by atoms with Gasteiger partial charge in [0.2, 0.25) is 0 Å². The van der Waals surface area contributed by atoms with Crippen molar-refractivity contribution in [2.24, 2.45) is 0 Å². The third-order valence-electron chi connectivity index (χ3n) is 2.79. The van der Waals surface area contributed by atoms with Gasteiger partial charge in [-0.2, -0.15) is 5.26 Å². The Balaban J connectivity index is 3.06. The number of hydrogen-bond acceptors (Lipinski definition) is 4. The highest BCUT2D eigenvalue weighted by Gasteiger charge is 2.15. The van der Waals surface area contributed by atoms with Gasteiger partial charge >= 0.3 is 0 Å². The van der Waals surface area contributed by atoms with Gasteiger partial charge in [0.25, 0.3) is 5.69 Å². The summed E-state index contributed by atoms with van der Waals surface area (Å²) in [6.07, 6.45) is 0.439. The molecule has 0 aromatic heterocycles. The fraction of sp³-hybridized carbons (Fsp3) is 0.462. The van der Waals surface area contributed by atoms with Crippen LogP contribution in [-0.4, -0.2) is 17.5 Å². The van der Waals surface area contributed by atoms with Crippen LogP contribution in [0.4, 0.5) is 11.4 Å². The molecular formula is C13H17N3O2. The minimum absolute atomic E-state index is 0.0974. The number of rotatable bonds is 5. The fourth-order valence-corrected chi connectivity index (χ4v) is 1.90. The van der Waals surface area contributed by atoms with Crippen LogP contribution in [0.15, 0.2) is 18.2 Å². The second-order valence-corrected chi connectivity index (χ2v) is 4.42. The molecule has 0 amide bonds. The Labute approximate surface area is 107 Å². The number of benzene rings is 1. The van der Waals surface area contributed by atoms with E-state index in [1.54, 1.807) is 12.1 Å². The van der Waals surface area contributed by atoms with Gasteiger partial charge in [-0.1, -0.05) is 0 Å². The molecule has 1 aromatic carbocycles. The second-order valence-electron chi connectivity index (χ2n) is 4.42. The molecule has 5 nitrogen and oxygen atoms in total. The number of aryl methyl sites for hydroxylation is 1. The van der Waals surface area contributed by atoms with Gasteiger partial charge in [-0.25, -0.2) is 0 Å². The molecule has 0 N–H and O–H groups in total. The standard InChI is InChI=1S/C13H17N3O2/c1-10(2)15(8-4-7-14)13-6-5-12(16(17)18)9-11(13)3/h5-6,9-10H,4,8H2,1-3H3. The van der Waals surface area contributed by atoms with Crippen LogP contribution in [0.5, 0.6) is 0 Å². The van der Waals surface area contributed by atoms with Crippen LogP contribution in [0, 0.1) is 28.4 Å². The van der Waals surface area contributed by atoms with E-state index < -0.39 is 4.92 Å². The molecule has 0 bridgehead atoms. The summed E-state index contributed by atoms with van der Waals surface area (Å²) in [6.45, 7) is 6.56. The Kier molecular flexibility index (Phi) is 4.67. The molecule has 0 aliphatic heterocycles. The van der Waals surface area contributed by atoms with Gasteiger partial charge in [-0.15, -0.1) is 0 Å². The number of nitrogens with zero attached hydrogens (tertiary/aromatic N) is 3. The van der Waals surface area contributed by atoms with Gasteiger partial charge < -0.3 is 4.90 Å². The number of nitro benzene ring substituents is 1. The van der Waals surface area contributed by atoms with Crippen molar-refractivity contribution in [1.29, 1.82) is 5.26 Å². The quantitative estimate of drug-likeness (QED) is 0.592. The lowest BCUT2D eigenvalue weighted by Crippen LogP contribution is -2.32. The van der Waals surface area contributed by atoms with Gasteiger partial charge in [0, 0.05) is 30.4 Å². The van der Waals surface area contributed by atoms with Crippen LogP contribution >= 0.6 is 0 Å². The van der Waals surface area contributed by atoms with Crippen molar-refractivity contribution in [2.75, 3.05) is 11.4 Å². The lowest BCUT2D eigenvalue weighted by Gasteiger charge is -2.29. The Bertz CT molecular complexity index is 478. The molecule has 18 heavy (non-hydrogen) atoms. The minimum Gasteiger partial charge on any atom is -0.368 e. The molecule has 96 valence electrons. The van der Waals surface area contributed by atoms with Crippen LogP contribution < -0.4 is 4.90 Å². The third-order valence-corrected chi connectivity index (χ3v) is 2.79. The first-order valence-corrected chi connectivity index (χ1v) is 5.86. The van der Waals surface area contributed by atoms with Crippen molar-refractivity contribution in [3.63, 3.8) is 0 Å². The van der Waals surface area contributed by atoms with E-state index in [0.717, 1.165) is 11.3 Å². The van der Waals surface area contributed by atoms with Crippen molar-refractivity contribution in [2.45, 2.75) is 33.2 Å². The summed E-state index contributed by atoms with van der Waals surface area (Å²) in [5.41, 5.74) is 1.90.